The summed E-state index contributed by atoms with van der Waals surface area (Å²) in [6.07, 6.45) is 7.13. The fourth-order valence-electron chi connectivity index (χ4n) is 6.29. The van der Waals surface area contributed by atoms with Crippen LogP contribution in [0.2, 0.25) is 0 Å². The third-order valence-corrected chi connectivity index (χ3v) is 8.77. The maximum Gasteiger partial charge on any atom is 0.416 e. The largest absolute Gasteiger partial charge is 0.469 e. The number of fused-ring (bicyclic) bond motifs is 1. The Bertz CT molecular complexity index is 1970. The molecule has 0 bridgehead atoms. The van der Waals surface area contributed by atoms with Crippen molar-refractivity contribution in [3.8, 4) is 11.3 Å². The highest BCUT2D eigenvalue weighted by Gasteiger charge is 2.32. The summed E-state index contributed by atoms with van der Waals surface area (Å²) < 4.78 is 51.7. The number of ether oxygens (including phenoxy) is 2. The highest BCUT2D eigenvalue weighted by Crippen LogP contribution is 2.39. The second-order valence-electron chi connectivity index (χ2n) is 14.0. The van der Waals surface area contributed by atoms with Crippen molar-refractivity contribution in [2.45, 2.75) is 96.0 Å². The minimum Gasteiger partial charge on any atom is -0.469 e. The van der Waals surface area contributed by atoms with Gasteiger partial charge in [0.1, 0.15) is 22.9 Å². The van der Waals surface area contributed by atoms with Crippen LogP contribution in [-0.2, 0) is 20.4 Å². The van der Waals surface area contributed by atoms with Crippen molar-refractivity contribution >= 4 is 46.6 Å². The predicted molar refractivity (Wildman–Crippen MR) is 195 cm³/mol. The lowest BCUT2D eigenvalue weighted by Gasteiger charge is -2.31. The molecule has 1 aliphatic rings. The molecule has 1 saturated carbocycles. The number of carbonyl (C=O) groups is 3. The number of hydrogen-bond donors (Lipinski definition) is 3. The van der Waals surface area contributed by atoms with Crippen molar-refractivity contribution in [2.24, 2.45) is 0 Å². The van der Waals surface area contributed by atoms with Gasteiger partial charge in [-0.15, -0.1) is 0 Å². The van der Waals surface area contributed by atoms with Gasteiger partial charge in [-0.1, -0.05) is 24.3 Å². The van der Waals surface area contributed by atoms with Gasteiger partial charge in [0.05, 0.1) is 29.6 Å². The van der Waals surface area contributed by atoms with E-state index in [1.54, 1.807) is 30.5 Å². The van der Waals surface area contributed by atoms with E-state index in [0.717, 1.165) is 55.1 Å². The van der Waals surface area contributed by atoms with Gasteiger partial charge in [-0.25, -0.2) is 14.8 Å². The summed E-state index contributed by atoms with van der Waals surface area (Å²) in [5, 5.41) is 11.1. The van der Waals surface area contributed by atoms with Crippen LogP contribution in [0.1, 0.15) is 99.7 Å². The van der Waals surface area contributed by atoms with Crippen molar-refractivity contribution in [3.05, 3.63) is 71.6 Å². The third-order valence-electron chi connectivity index (χ3n) is 8.77. The number of nitrogens with two attached hydrogens (primary N) is 1. The molecule has 3 heterocycles. The van der Waals surface area contributed by atoms with Crippen molar-refractivity contribution in [1.29, 1.82) is 0 Å². The number of esters is 1. The van der Waals surface area contributed by atoms with Gasteiger partial charge in [-0.05, 0) is 90.0 Å². The summed E-state index contributed by atoms with van der Waals surface area (Å²) in [6, 6.07) is 7.82. The molecule has 0 radical (unpaired) electrons. The number of alkyl halides is 3. The molecule has 3 aromatic heterocycles. The van der Waals surface area contributed by atoms with E-state index in [9.17, 15) is 27.6 Å². The molecule has 0 spiro atoms. The number of nitrogen functional groups attached to an aromatic ring is 1. The van der Waals surface area contributed by atoms with E-state index in [4.69, 9.17) is 20.3 Å². The van der Waals surface area contributed by atoms with E-state index >= 15 is 0 Å². The zero-order chi connectivity index (χ0) is 38.3. The molecule has 0 aliphatic heterocycles. The summed E-state index contributed by atoms with van der Waals surface area (Å²) in [7, 11) is 1.37. The van der Waals surface area contributed by atoms with Gasteiger partial charge in [0.25, 0.3) is 5.91 Å². The summed E-state index contributed by atoms with van der Waals surface area (Å²) in [5.41, 5.74) is 7.90. The number of amides is 2. The molecule has 15 heteroatoms. The number of aromatic nitrogens is 4. The van der Waals surface area contributed by atoms with Crippen molar-refractivity contribution < 1.29 is 37.0 Å². The average Bonchev–Trinajstić information content (AvgIpc) is 3.51. The topological polar surface area (TPSA) is 163 Å². The zero-order valence-corrected chi connectivity index (χ0v) is 30.1. The lowest BCUT2D eigenvalue weighted by molar-refractivity contribution is -0.140. The first-order valence-electron chi connectivity index (χ1n) is 17.5. The van der Waals surface area contributed by atoms with Gasteiger partial charge in [0.2, 0.25) is 0 Å². The van der Waals surface area contributed by atoms with Crippen LogP contribution in [0.4, 0.5) is 29.6 Å². The third kappa shape index (κ3) is 10.1. The van der Waals surface area contributed by atoms with E-state index < -0.39 is 29.3 Å². The number of halogens is 3. The van der Waals surface area contributed by atoms with Crippen LogP contribution in [0, 0.1) is 0 Å². The molecule has 0 saturated heterocycles. The van der Waals surface area contributed by atoms with Gasteiger partial charge in [0.15, 0.2) is 0 Å². The van der Waals surface area contributed by atoms with Crippen molar-refractivity contribution in [1.82, 2.24) is 25.1 Å². The molecule has 0 unspecified atom stereocenters. The molecule has 282 valence electrons. The highest BCUT2D eigenvalue weighted by atomic mass is 19.4. The molecule has 53 heavy (non-hydrogen) atoms. The summed E-state index contributed by atoms with van der Waals surface area (Å²) in [4.78, 5) is 45.5. The summed E-state index contributed by atoms with van der Waals surface area (Å²) in [5.74, 6) is -0.852. The number of nitrogens with zero attached hydrogens (tertiary/aromatic N) is 4. The molecule has 4 N–H and O–H groups in total. The highest BCUT2D eigenvalue weighted by molar-refractivity contribution is 6.06. The Balaban J connectivity index is 1.46. The van der Waals surface area contributed by atoms with Gasteiger partial charge in [-0.3, -0.25) is 14.3 Å². The molecular formula is C38H44F3N7O5. The predicted octanol–water partition coefficient (Wildman–Crippen LogP) is 8.10. The Hall–Kier alpha value is -5.47. The van der Waals surface area contributed by atoms with Gasteiger partial charge >= 0.3 is 18.2 Å². The minimum absolute atomic E-state index is 0.112. The normalized spacial score (nSPS) is 16.4. The Morgan fingerprint density at radius 3 is 2.51 bits per heavy atom. The quantitative estimate of drug-likeness (QED) is 0.102. The minimum atomic E-state index is -4.58. The Morgan fingerprint density at radius 1 is 1.06 bits per heavy atom. The van der Waals surface area contributed by atoms with Gasteiger partial charge < -0.3 is 25.8 Å². The first-order valence-corrected chi connectivity index (χ1v) is 17.5. The molecule has 5 rings (SSSR count). The van der Waals surface area contributed by atoms with Crippen LogP contribution in [0.15, 0.2) is 54.9 Å². The fraction of sp³-hybridized carbons (Fsp3) is 0.421. The van der Waals surface area contributed by atoms with E-state index in [1.807, 2.05) is 37.6 Å². The van der Waals surface area contributed by atoms with Crippen LogP contribution < -0.4 is 16.4 Å². The number of benzene rings is 1. The number of carbonyl (C=O) groups excluding carboxylic acids is 3. The monoisotopic (exact) mass is 735 g/mol. The van der Waals surface area contributed by atoms with Gasteiger partial charge in [0, 0.05) is 41.5 Å². The number of pyridine rings is 2. The first kappa shape index (κ1) is 38.8. The van der Waals surface area contributed by atoms with E-state index in [1.165, 1.54) is 7.11 Å². The Morgan fingerprint density at radius 2 is 1.81 bits per heavy atom. The summed E-state index contributed by atoms with van der Waals surface area (Å²) >= 11 is 0. The Labute approximate surface area is 305 Å². The van der Waals surface area contributed by atoms with Crippen molar-refractivity contribution in [3.63, 3.8) is 0 Å². The maximum atomic E-state index is 13.2. The maximum absolute atomic E-state index is 13.2. The van der Waals surface area contributed by atoms with Crippen LogP contribution in [0.25, 0.3) is 28.2 Å². The van der Waals surface area contributed by atoms with E-state index in [-0.39, 0.29) is 35.3 Å². The smallest absolute Gasteiger partial charge is 0.416 e. The molecule has 1 aliphatic carbocycles. The standard InChI is InChI=1S/C38H44F3N7O5/c1-37(2,3)53-36(51)45-27-11-9-12-28(21-27)48-33-25(10-7-5-6-8-13-30(49)52-4)22-44-34(42)31(33)32(47-48)23-14-16-24(17-15-23)35(50)46-29-20-26(18-19-43-29)38(39,40)41/h7,10,14-20,22,27-28H,5-6,8-9,11-13,21H2,1-4H3,(H2,42,44)(H,45,51)(H,43,46,50)/b10-7+/t27-,28-/m1/s1. The lowest BCUT2D eigenvalue weighted by Crippen LogP contribution is -2.41. The molecule has 1 fully saturated rings. The number of anilines is 2. The molecule has 12 nitrogen and oxygen atoms in total. The molecule has 2 atom stereocenters. The molecular weight excluding hydrogens is 691 g/mol. The van der Waals surface area contributed by atoms with Crippen LogP contribution in [0.5, 0.6) is 0 Å². The molecule has 1 aromatic carbocycles. The second-order valence-corrected chi connectivity index (χ2v) is 14.0. The second kappa shape index (κ2) is 16.5. The van der Waals surface area contributed by atoms with Crippen LogP contribution in [-0.4, -0.2) is 56.5 Å². The number of alkyl carbamates (subject to hydrolysis) is 1. The van der Waals surface area contributed by atoms with E-state index in [2.05, 4.69) is 20.6 Å². The van der Waals surface area contributed by atoms with Gasteiger partial charge in [-0.2, -0.15) is 18.3 Å². The lowest BCUT2D eigenvalue weighted by atomic mass is 9.91. The SMILES string of the molecule is COC(=O)CCCC/C=C/c1cnc(N)c2c(-c3ccc(C(=O)Nc4cc(C(F)(F)F)ccn4)cc3)nn([C@@H]3CCC[C@@H](NC(=O)OC(C)(C)C)C3)c12. The van der Waals surface area contributed by atoms with E-state index in [0.29, 0.717) is 42.3 Å². The molecule has 4 aromatic rings. The van der Waals surface area contributed by atoms with Crippen LogP contribution in [0.3, 0.4) is 0 Å². The zero-order valence-electron chi connectivity index (χ0n) is 30.1. The average molecular weight is 736 g/mol. The number of allylic oxidation sites excluding steroid dienone is 1. The number of nitrogens with one attached hydrogen (secondary N) is 2. The first-order chi connectivity index (χ1) is 25.1. The molecule has 2 amide bonds. The number of hydrogen-bond acceptors (Lipinski definition) is 9. The van der Waals surface area contributed by atoms with Crippen molar-refractivity contribution in [2.75, 3.05) is 18.2 Å². The number of rotatable bonds is 11. The van der Waals surface area contributed by atoms with Crippen LogP contribution >= 0.6 is 0 Å². The Kier molecular flexibility index (Phi) is 12.0. The summed E-state index contributed by atoms with van der Waals surface area (Å²) in [6.45, 7) is 5.44. The number of unbranched alkanes of at least 4 members (excludes halogenated alkanes) is 2. The fourth-order valence-corrected chi connectivity index (χ4v) is 6.29. The number of methoxy groups -OCH3 is 1.